The zero-order valence-electron chi connectivity index (χ0n) is 12.9. The number of nitrogens with zero attached hydrogens (tertiary/aromatic N) is 1. The third kappa shape index (κ3) is 3.07. The van der Waals surface area contributed by atoms with Crippen LogP contribution < -0.4 is 5.32 Å². The SMILES string of the molecule is CCC1(C)CNC(c2ccccc2)CN1CCC1CC1. The minimum absolute atomic E-state index is 0.334. The highest BCUT2D eigenvalue weighted by atomic mass is 15.3. The Hall–Kier alpha value is -0.860. The van der Waals surface area contributed by atoms with Gasteiger partial charge in [0.1, 0.15) is 0 Å². The van der Waals surface area contributed by atoms with E-state index in [1.807, 2.05) is 0 Å². The van der Waals surface area contributed by atoms with Crippen molar-refractivity contribution in [3.05, 3.63) is 35.9 Å². The Kier molecular flexibility index (Phi) is 4.13. The first-order valence-corrected chi connectivity index (χ1v) is 8.24. The molecule has 1 N–H and O–H groups in total. The van der Waals surface area contributed by atoms with Crippen molar-refractivity contribution in [3.8, 4) is 0 Å². The largest absolute Gasteiger partial charge is 0.307 e. The molecule has 1 saturated carbocycles. The van der Waals surface area contributed by atoms with Crippen LogP contribution in [-0.4, -0.2) is 30.1 Å². The second-order valence-corrected chi connectivity index (χ2v) is 6.87. The van der Waals surface area contributed by atoms with E-state index < -0.39 is 0 Å². The van der Waals surface area contributed by atoms with E-state index >= 15 is 0 Å². The van der Waals surface area contributed by atoms with E-state index in [9.17, 15) is 0 Å². The Morgan fingerprint density at radius 2 is 2.00 bits per heavy atom. The monoisotopic (exact) mass is 272 g/mol. The highest BCUT2D eigenvalue weighted by Crippen LogP contribution is 2.35. The first-order valence-electron chi connectivity index (χ1n) is 8.24. The Morgan fingerprint density at radius 1 is 1.25 bits per heavy atom. The van der Waals surface area contributed by atoms with Gasteiger partial charge in [0.25, 0.3) is 0 Å². The van der Waals surface area contributed by atoms with Gasteiger partial charge in [0, 0.05) is 24.7 Å². The van der Waals surface area contributed by atoms with Crippen LogP contribution in [0.2, 0.25) is 0 Å². The lowest BCUT2D eigenvalue weighted by atomic mass is 9.90. The Balaban J connectivity index is 1.68. The first kappa shape index (κ1) is 14.1. The molecular formula is C18H28N2. The van der Waals surface area contributed by atoms with Crippen LogP contribution in [0.3, 0.4) is 0 Å². The van der Waals surface area contributed by atoms with Gasteiger partial charge in [-0.1, -0.05) is 50.1 Å². The van der Waals surface area contributed by atoms with Crippen LogP contribution in [0.5, 0.6) is 0 Å². The molecule has 1 aromatic rings. The van der Waals surface area contributed by atoms with Crippen molar-refractivity contribution >= 4 is 0 Å². The molecule has 0 aromatic heterocycles. The molecule has 0 radical (unpaired) electrons. The molecular weight excluding hydrogens is 244 g/mol. The lowest BCUT2D eigenvalue weighted by Gasteiger charge is -2.48. The van der Waals surface area contributed by atoms with Crippen LogP contribution in [0.4, 0.5) is 0 Å². The zero-order chi connectivity index (χ0) is 14.0. The zero-order valence-corrected chi connectivity index (χ0v) is 12.9. The average molecular weight is 272 g/mol. The molecule has 2 atom stereocenters. The molecule has 2 nitrogen and oxygen atoms in total. The number of hydrogen-bond donors (Lipinski definition) is 1. The van der Waals surface area contributed by atoms with Gasteiger partial charge < -0.3 is 5.32 Å². The first-order chi connectivity index (χ1) is 9.71. The Bertz CT molecular complexity index is 426. The molecule has 1 heterocycles. The molecule has 0 spiro atoms. The average Bonchev–Trinajstić information content (AvgIpc) is 3.31. The molecule has 1 aliphatic carbocycles. The predicted octanol–water partition coefficient (Wildman–Crippen LogP) is 3.60. The maximum atomic E-state index is 3.77. The normalized spacial score (nSPS) is 31.4. The van der Waals surface area contributed by atoms with Gasteiger partial charge in [0.05, 0.1) is 0 Å². The number of benzene rings is 1. The number of rotatable bonds is 5. The molecule has 2 heteroatoms. The summed E-state index contributed by atoms with van der Waals surface area (Å²) in [5.41, 5.74) is 1.77. The topological polar surface area (TPSA) is 15.3 Å². The van der Waals surface area contributed by atoms with Crippen molar-refractivity contribution in [2.24, 2.45) is 5.92 Å². The lowest BCUT2D eigenvalue weighted by Crippen LogP contribution is -2.60. The molecule has 0 bridgehead atoms. The van der Waals surface area contributed by atoms with E-state index in [4.69, 9.17) is 0 Å². The van der Waals surface area contributed by atoms with E-state index in [2.05, 4.69) is 54.4 Å². The van der Waals surface area contributed by atoms with Crippen molar-refractivity contribution in [1.29, 1.82) is 0 Å². The van der Waals surface area contributed by atoms with Crippen LogP contribution >= 0.6 is 0 Å². The molecule has 0 amide bonds. The number of hydrogen-bond acceptors (Lipinski definition) is 2. The molecule has 2 aliphatic rings. The van der Waals surface area contributed by atoms with E-state index in [-0.39, 0.29) is 0 Å². The summed E-state index contributed by atoms with van der Waals surface area (Å²) in [5.74, 6) is 1.03. The molecule has 1 aromatic carbocycles. The van der Waals surface area contributed by atoms with Crippen LogP contribution in [0, 0.1) is 5.92 Å². The second-order valence-electron chi connectivity index (χ2n) is 6.87. The number of piperazine rings is 1. The maximum Gasteiger partial charge on any atom is 0.0450 e. The van der Waals surface area contributed by atoms with Crippen molar-refractivity contribution in [3.63, 3.8) is 0 Å². The van der Waals surface area contributed by atoms with Gasteiger partial charge in [-0.3, -0.25) is 4.90 Å². The highest BCUT2D eigenvalue weighted by molar-refractivity contribution is 5.20. The van der Waals surface area contributed by atoms with Gasteiger partial charge in [-0.25, -0.2) is 0 Å². The third-order valence-corrected chi connectivity index (χ3v) is 5.36. The lowest BCUT2D eigenvalue weighted by molar-refractivity contribution is 0.0463. The quantitative estimate of drug-likeness (QED) is 0.881. The molecule has 1 aliphatic heterocycles. The van der Waals surface area contributed by atoms with Crippen molar-refractivity contribution in [1.82, 2.24) is 10.2 Å². The highest BCUT2D eigenvalue weighted by Gasteiger charge is 2.37. The van der Waals surface area contributed by atoms with Crippen LogP contribution in [0.1, 0.15) is 51.1 Å². The van der Waals surface area contributed by atoms with Crippen molar-refractivity contribution in [2.45, 2.75) is 51.1 Å². The maximum absolute atomic E-state index is 3.77. The molecule has 2 unspecified atom stereocenters. The summed E-state index contributed by atoms with van der Waals surface area (Å²) >= 11 is 0. The minimum atomic E-state index is 0.334. The Labute approximate surface area is 123 Å². The van der Waals surface area contributed by atoms with Gasteiger partial charge in [-0.2, -0.15) is 0 Å². The summed E-state index contributed by atoms with van der Waals surface area (Å²) in [6.07, 6.45) is 5.57. The standard InChI is InChI=1S/C18H28N2/c1-3-18(2)14-19-17(16-7-5-4-6-8-16)13-20(18)12-11-15-9-10-15/h4-8,15,17,19H,3,9-14H2,1-2H3. The number of nitrogens with one attached hydrogen (secondary N) is 1. The van der Waals surface area contributed by atoms with Crippen molar-refractivity contribution in [2.75, 3.05) is 19.6 Å². The molecule has 20 heavy (non-hydrogen) atoms. The van der Waals surface area contributed by atoms with Gasteiger partial charge in [0.2, 0.25) is 0 Å². The molecule has 2 fully saturated rings. The summed E-state index contributed by atoms with van der Waals surface area (Å²) in [5, 5.41) is 3.77. The van der Waals surface area contributed by atoms with E-state index in [1.165, 1.54) is 37.8 Å². The summed E-state index contributed by atoms with van der Waals surface area (Å²) in [6.45, 7) is 8.29. The van der Waals surface area contributed by atoms with E-state index in [0.717, 1.165) is 19.0 Å². The second kappa shape index (κ2) is 5.87. The summed E-state index contributed by atoms with van der Waals surface area (Å²) in [6, 6.07) is 11.4. The smallest absolute Gasteiger partial charge is 0.0450 e. The molecule has 3 rings (SSSR count). The van der Waals surface area contributed by atoms with Crippen LogP contribution in [-0.2, 0) is 0 Å². The summed E-state index contributed by atoms with van der Waals surface area (Å²) in [4.78, 5) is 2.75. The molecule has 110 valence electrons. The fourth-order valence-corrected chi connectivity index (χ4v) is 3.32. The Morgan fingerprint density at radius 3 is 2.65 bits per heavy atom. The molecule has 1 saturated heterocycles. The van der Waals surface area contributed by atoms with E-state index in [1.54, 1.807) is 0 Å². The summed E-state index contributed by atoms with van der Waals surface area (Å²) in [7, 11) is 0. The fraction of sp³-hybridized carbons (Fsp3) is 0.667. The van der Waals surface area contributed by atoms with Crippen molar-refractivity contribution < 1.29 is 0 Å². The van der Waals surface area contributed by atoms with Crippen LogP contribution in [0.15, 0.2) is 30.3 Å². The minimum Gasteiger partial charge on any atom is -0.307 e. The third-order valence-electron chi connectivity index (χ3n) is 5.36. The fourth-order valence-electron chi connectivity index (χ4n) is 3.32. The van der Waals surface area contributed by atoms with Gasteiger partial charge in [-0.05, 0) is 37.8 Å². The van der Waals surface area contributed by atoms with Gasteiger partial charge >= 0.3 is 0 Å². The van der Waals surface area contributed by atoms with E-state index in [0.29, 0.717) is 11.6 Å². The van der Waals surface area contributed by atoms with Crippen LogP contribution in [0.25, 0.3) is 0 Å². The summed E-state index contributed by atoms with van der Waals surface area (Å²) < 4.78 is 0. The predicted molar refractivity (Wildman–Crippen MR) is 84.8 cm³/mol. The van der Waals surface area contributed by atoms with Gasteiger partial charge in [0.15, 0.2) is 0 Å². The van der Waals surface area contributed by atoms with Gasteiger partial charge in [-0.15, -0.1) is 0 Å².